The van der Waals surface area contributed by atoms with Crippen LogP contribution in [0, 0.1) is 0 Å². The van der Waals surface area contributed by atoms with Crippen LogP contribution in [0.5, 0.6) is 0 Å². The first kappa shape index (κ1) is 13.8. The second-order valence-corrected chi connectivity index (χ2v) is 6.26. The van der Waals surface area contributed by atoms with Crippen molar-refractivity contribution in [3.05, 3.63) is 41.3 Å². The number of hydrogen-bond donors (Lipinski definition) is 2. The van der Waals surface area contributed by atoms with Crippen molar-refractivity contribution in [2.75, 3.05) is 5.32 Å². The van der Waals surface area contributed by atoms with Gasteiger partial charge in [0.1, 0.15) is 5.82 Å². The summed E-state index contributed by atoms with van der Waals surface area (Å²) in [6, 6.07) is 8.28. The Labute approximate surface area is 127 Å². The number of benzene rings is 1. The van der Waals surface area contributed by atoms with Gasteiger partial charge in [0.05, 0.1) is 11.6 Å². The standard InChI is InChI=1S/C15H16ClN5/c1-15(2,3)9-4-6-10(7-5-9)18-12-11-8-17-21-13(11)20-14(16)19-12/h4-8H,1-3H3,(H2,17,18,19,20,21). The van der Waals surface area contributed by atoms with Gasteiger partial charge in [-0.05, 0) is 34.7 Å². The molecular weight excluding hydrogens is 286 g/mol. The summed E-state index contributed by atoms with van der Waals surface area (Å²) in [6.45, 7) is 6.57. The van der Waals surface area contributed by atoms with Crippen LogP contribution in [0.15, 0.2) is 30.5 Å². The third kappa shape index (κ3) is 2.83. The Balaban J connectivity index is 1.93. The predicted octanol–water partition coefficient (Wildman–Crippen LogP) is 4.05. The lowest BCUT2D eigenvalue weighted by atomic mass is 9.87. The molecule has 108 valence electrons. The maximum atomic E-state index is 5.92. The van der Waals surface area contributed by atoms with Crippen LogP contribution >= 0.6 is 11.6 Å². The smallest absolute Gasteiger partial charge is 0.226 e. The van der Waals surface area contributed by atoms with Crippen LogP contribution in [0.4, 0.5) is 11.5 Å². The zero-order valence-electron chi connectivity index (χ0n) is 12.1. The minimum Gasteiger partial charge on any atom is -0.339 e. The van der Waals surface area contributed by atoms with Gasteiger partial charge in [0, 0.05) is 5.69 Å². The maximum absolute atomic E-state index is 5.92. The summed E-state index contributed by atoms with van der Waals surface area (Å²) in [5, 5.41) is 11.0. The van der Waals surface area contributed by atoms with E-state index in [1.54, 1.807) is 6.20 Å². The van der Waals surface area contributed by atoms with Crippen LogP contribution in [-0.4, -0.2) is 20.2 Å². The molecule has 0 radical (unpaired) electrons. The highest BCUT2D eigenvalue weighted by molar-refractivity contribution is 6.28. The van der Waals surface area contributed by atoms with E-state index in [-0.39, 0.29) is 10.7 Å². The summed E-state index contributed by atoms with van der Waals surface area (Å²) < 4.78 is 0. The van der Waals surface area contributed by atoms with E-state index in [1.165, 1.54) is 5.56 Å². The van der Waals surface area contributed by atoms with Crippen molar-refractivity contribution in [2.24, 2.45) is 0 Å². The SMILES string of the molecule is CC(C)(C)c1ccc(Nc2nc(Cl)nc3[nH]ncc23)cc1. The normalized spacial score (nSPS) is 11.8. The highest BCUT2D eigenvalue weighted by atomic mass is 35.5. The highest BCUT2D eigenvalue weighted by Crippen LogP contribution is 2.27. The summed E-state index contributed by atoms with van der Waals surface area (Å²) in [6.07, 6.45) is 1.68. The zero-order chi connectivity index (χ0) is 15.0. The van der Waals surface area contributed by atoms with Crippen LogP contribution in [0.3, 0.4) is 0 Å². The Morgan fingerprint density at radius 1 is 1.10 bits per heavy atom. The van der Waals surface area contributed by atoms with Crippen molar-refractivity contribution in [1.29, 1.82) is 0 Å². The summed E-state index contributed by atoms with van der Waals surface area (Å²) >= 11 is 5.92. The summed E-state index contributed by atoms with van der Waals surface area (Å²) in [7, 11) is 0. The van der Waals surface area contributed by atoms with Gasteiger partial charge in [-0.25, -0.2) is 0 Å². The first-order valence-corrected chi connectivity index (χ1v) is 7.05. The van der Waals surface area contributed by atoms with Gasteiger partial charge >= 0.3 is 0 Å². The Hall–Kier alpha value is -2.14. The molecule has 0 spiro atoms. The van der Waals surface area contributed by atoms with E-state index in [9.17, 15) is 0 Å². The number of nitrogens with one attached hydrogen (secondary N) is 2. The lowest BCUT2D eigenvalue weighted by Crippen LogP contribution is -2.10. The monoisotopic (exact) mass is 301 g/mol. The van der Waals surface area contributed by atoms with Gasteiger partial charge in [-0.3, -0.25) is 5.10 Å². The van der Waals surface area contributed by atoms with Crippen LogP contribution in [0.25, 0.3) is 11.0 Å². The molecule has 2 N–H and O–H groups in total. The topological polar surface area (TPSA) is 66.5 Å². The number of H-pyrrole nitrogens is 1. The van der Waals surface area contributed by atoms with Gasteiger partial charge in [-0.1, -0.05) is 32.9 Å². The fourth-order valence-electron chi connectivity index (χ4n) is 2.09. The maximum Gasteiger partial charge on any atom is 0.226 e. The van der Waals surface area contributed by atoms with Gasteiger partial charge < -0.3 is 5.32 Å². The molecule has 0 saturated heterocycles. The molecular formula is C15H16ClN5. The van der Waals surface area contributed by atoms with Crippen molar-refractivity contribution in [1.82, 2.24) is 20.2 Å². The lowest BCUT2D eigenvalue weighted by molar-refractivity contribution is 0.590. The Bertz CT molecular complexity index is 771. The van der Waals surface area contributed by atoms with Crippen LogP contribution < -0.4 is 5.32 Å². The number of nitrogens with zero attached hydrogens (tertiary/aromatic N) is 3. The van der Waals surface area contributed by atoms with Crippen molar-refractivity contribution in [2.45, 2.75) is 26.2 Å². The molecule has 0 aliphatic heterocycles. The number of aromatic nitrogens is 4. The van der Waals surface area contributed by atoms with Crippen molar-refractivity contribution >= 4 is 34.1 Å². The van der Waals surface area contributed by atoms with E-state index in [0.29, 0.717) is 11.5 Å². The third-order valence-electron chi connectivity index (χ3n) is 3.30. The number of halogens is 1. The predicted molar refractivity (Wildman–Crippen MR) is 85.1 cm³/mol. The molecule has 2 aromatic heterocycles. The molecule has 21 heavy (non-hydrogen) atoms. The molecule has 6 heteroatoms. The molecule has 0 aliphatic carbocycles. The largest absolute Gasteiger partial charge is 0.339 e. The molecule has 3 aromatic rings. The third-order valence-corrected chi connectivity index (χ3v) is 3.47. The van der Waals surface area contributed by atoms with Gasteiger partial charge in [-0.2, -0.15) is 15.1 Å². The fourth-order valence-corrected chi connectivity index (χ4v) is 2.26. The second-order valence-electron chi connectivity index (χ2n) is 5.93. The average Bonchev–Trinajstić information content (AvgIpc) is 2.86. The lowest BCUT2D eigenvalue weighted by Gasteiger charge is -2.19. The van der Waals surface area contributed by atoms with Crippen molar-refractivity contribution < 1.29 is 0 Å². The van der Waals surface area contributed by atoms with E-state index in [4.69, 9.17) is 11.6 Å². The Morgan fingerprint density at radius 2 is 1.81 bits per heavy atom. The molecule has 0 saturated carbocycles. The van der Waals surface area contributed by atoms with Crippen LogP contribution in [0.1, 0.15) is 26.3 Å². The van der Waals surface area contributed by atoms with Gasteiger partial charge in [0.25, 0.3) is 0 Å². The van der Waals surface area contributed by atoms with E-state index in [1.807, 2.05) is 12.1 Å². The van der Waals surface area contributed by atoms with E-state index in [0.717, 1.165) is 11.1 Å². The summed E-state index contributed by atoms with van der Waals surface area (Å²) in [5.74, 6) is 0.641. The van der Waals surface area contributed by atoms with Crippen LogP contribution in [0.2, 0.25) is 5.28 Å². The van der Waals surface area contributed by atoms with E-state index >= 15 is 0 Å². The summed E-state index contributed by atoms with van der Waals surface area (Å²) in [4.78, 5) is 8.30. The van der Waals surface area contributed by atoms with Crippen molar-refractivity contribution in [3.63, 3.8) is 0 Å². The van der Waals surface area contributed by atoms with Gasteiger partial charge in [0.2, 0.25) is 5.28 Å². The molecule has 0 bridgehead atoms. The number of aromatic amines is 1. The molecule has 0 fully saturated rings. The molecule has 0 atom stereocenters. The highest BCUT2D eigenvalue weighted by Gasteiger charge is 2.13. The van der Waals surface area contributed by atoms with Gasteiger partial charge in [-0.15, -0.1) is 0 Å². The summed E-state index contributed by atoms with van der Waals surface area (Å²) in [5.41, 5.74) is 2.97. The Kier molecular flexibility index (Phi) is 3.29. The molecule has 1 aromatic carbocycles. The number of fused-ring (bicyclic) bond motifs is 1. The molecule has 5 nitrogen and oxygen atoms in total. The molecule has 0 aliphatic rings. The quantitative estimate of drug-likeness (QED) is 0.701. The number of hydrogen-bond acceptors (Lipinski definition) is 4. The number of rotatable bonds is 2. The number of anilines is 2. The van der Waals surface area contributed by atoms with E-state index in [2.05, 4.69) is 58.4 Å². The fraction of sp³-hybridized carbons (Fsp3) is 0.267. The van der Waals surface area contributed by atoms with Crippen molar-refractivity contribution in [3.8, 4) is 0 Å². The average molecular weight is 302 g/mol. The minimum atomic E-state index is 0.134. The Morgan fingerprint density at radius 3 is 2.48 bits per heavy atom. The molecule has 3 rings (SSSR count). The molecule has 2 heterocycles. The first-order chi connectivity index (χ1) is 9.93. The van der Waals surface area contributed by atoms with E-state index < -0.39 is 0 Å². The first-order valence-electron chi connectivity index (χ1n) is 6.68. The van der Waals surface area contributed by atoms with Gasteiger partial charge in [0.15, 0.2) is 5.65 Å². The molecule has 0 unspecified atom stereocenters. The minimum absolute atomic E-state index is 0.134. The van der Waals surface area contributed by atoms with Crippen LogP contribution in [-0.2, 0) is 5.41 Å². The zero-order valence-corrected chi connectivity index (χ0v) is 12.9. The molecule has 0 amide bonds. The second kappa shape index (κ2) is 5.00.